The molecule has 2 rings (SSSR count). The highest BCUT2D eigenvalue weighted by atomic mass is 35.5. The van der Waals surface area contributed by atoms with Crippen LogP contribution in [0.1, 0.15) is 30.5 Å². The standard InChI is InChI=1S/C14H24ClN3S/c1-3-18-8-4-13(5-9-18)17(2)7-6-14-16-12(10-15)11-19-14/h11,13H,3-10H2,1-2H3. The fourth-order valence-electron chi connectivity index (χ4n) is 2.66. The maximum Gasteiger partial charge on any atom is 0.0941 e. The van der Waals surface area contributed by atoms with E-state index in [9.17, 15) is 0 Å². The van der Waals surface area contributed by atoms with Crippen LogP contribution < -0.4 is 0 Å². The minimum absolute atomic E-state index is 0.530. The van der Waals surface area contributed by atoms with Gasteiger partial charge in [-0.25, -0.2) is 4.98 Å². The van der Waals surface area contributed by atoms with Gasteiger partial charge in [0, 0.05) is 24.4 Å². The molecule has 3 nitrogen and oxygen atoms in total. The minimum Gasteiger partial charge on any atom is -0.303 e. The Morgan fingerprint density at radius 2 is 2.21 bits per heavy atom. The second-order valence-corrected chi connectivity index (χ2v) is 6.47. The topological polar surface area (TPSA) is 19.4 Å². The number of aromatic nitrogens is 1. The predicted molar refractivity (Wildman–Crippen MR) is 83.1 cm³/mol. The van der Waals surface area contributed by atoms with Crippen LogP contribution in [0.25, 0.3) is 0 Å². The highest BCUT2D eigenvalue weighted by Crippen LogP contribution is 2.17. The number of halogens is 1. The van der Waals surface area contributed by atoms with Gasteiger partial charge in [-0.15, -0.1) is 22.9 Å². The molecule has 5 heteroatoms. The molecule has 1 aromatic heterocycles. The summed E-state index contributed by atoms with van der Waals surface area (Å²) in [4.78, 5) is 9.57. The van der Waals surface area contributed by atoms with Gasteiger partial charge in [0.2, 0.25) is 0 Å². The first-order chi connectivity index (χ1) is 9.22. The van der Waals surface area contributed by atoms with Crippen LogP contribution in [0.5, 0.6) is 0 Å². The molecule has 0 aliphatic carbocycles. The number of likely N-dealkylation sites (tertiary alicyclic amines) is 1. The van der Waals surface area contributed by atoms with Gasteiger partial charge in [0.05, 0.1) is 16.6 Å². The van der Waals surface area contributed by atoms with Crippen molar-refractivity contribution < 1.29 is 0 Å². The van der Waals surface area contributed by atoms with Crippen LogP contribution in [0.3, 0.4) is 0 Å². The second kappa shape index (κ2) is 7.58. The van der Waals surface area contributed by atoms with Crippen molar-refractivity contribution in [3.63, 3.8) is 0 Å². The van der Waals surface area contributed by atoms with Crippen LogP contribution in [0, 0.1) is 0 Å². The van der Waals surface area contributed by atoms with Crippen molar-refractivity contribution in [1.29, 1.82) is 0 Å². The van der Waals surface area contributed by atoms with Gasteiger partial charge in [0.1, 0.15) is 0 Å². The molecular formula is C14H24ClN3S. The molecule has 0 aromatic carbocycles. The lowest BCUT2D eigenvalue weighted by molar-refractivity contribution is 0.132. The Balaban J connectivity index is 1.73. The second-order valence-electron chi connectivity index (χ2n) is 5.26. The van der Waals surface area contributed by atoms with Crippen LogP contribution in [-0.2, 0) is 12.3 Å². The summed E-state index contributed by atoms with van der Waals surface area (Å²) >= 11 is 7.52. The highest BCUT2D eigenvalue weighted by Gasteiger charge is 2.21. The van der Waals surface area contributed by atoms with Crippen molar-refractivity contribution >= 4 is 22.9 Å². The van der Waals surface area contributed by atoms with E-state index in [0.29, 0.717) is 5.88 Å². The molecule has 0 spiro atoms. The molecular weight excluding hydrogens is 278 g/mol. The molecule has 1 fully saturated rings. The van der Waals surface area contributed by atoms with Gasteiger partial charge < -0.3 is 9.80 Å². The van der Waals surface area contributed by atoms with Crippen molar-refractivity contribution in [2.24, 2.45) is 0 Å². The third kappa shape index (κ3) is 4.42. The smallest absolute Gasteiger partial charge is 0.0941 e. The van der Waals surface area contributed by atoms with Crippen LogP contribution in [0.2, 0.25) is 0 Å². The Morgan fingerprint density at radius 1 is 1.47 bits per heavy atom. The zero-order valence-corrected chi connectivity index (χ0v) is 13.5. The molecule has 1 aromatic rings. The van der Waals surface area contributed by atoms with E-state index in [4.69, 9.17) is 11.6 Å². The van der Waals surface area contributed by atoms with Gasteiger partial charge in [-0.2, -0.15) is 0 Å². The van der Waals surface area contributed by atoms with E-state index in [0.717, 1.165) is 24.7 Å². The van der Waals surface area contributed by atoms with Crippen molar-refractivity contribution in [2.45, 2.75) is 38.1 Å². The SMILES string of the molecule is CCN1CCC(N(C)CCc2nc(CCl)cs2)CC1. The Bertz CT molecular complexity index is 375. The van der Waals surface area contributed by atoms with Gasteiger partial charge >= 0.3 is 0 Å². The monoisotopic (exact) mass is 301 g/mol. The fraction of sp³-hybridized carbons (Fsp3) is 0.786. The molecule has 1 aliphatic rings. The summed E-state index contributed by atoms with van der Waals surface area (Å²) in [5.74, 6) is 0.530. The van der Waals surface area contributed by atoms with Crippen molar-refractivity contribution in [1.82, 2.24) is 14.8 Å². The third-order valence-corrected chi connectivity index (χ3v) is 5.27. The van der Waals surface area contributed by atoms with Gasteiger partial charge in [-0.1, -0.05) is 6.92 Å². The van der Waals surface area contributed by atoms with Crippen LogP contribution in [0.15, 0.2) is 5.38 Å². The lowest BCUT2D eigenvalue weighted by Crippen LogP contribution is -2.43. The summed E-state index contributed by atoms with van der Waals surface area (Å²) in [6.07, 6.45) is 3.65. The minimum atomic E-state index is 0.530. The van der Waals surface area contributed by atoms with Gasteiger partial charge in [-0.3, -0.25) is 0 Å². The quantitative estimate of drug-likeness (QED) is 0.753. The number of piperidine rings is 1. The molecule has 0 unspecified atom stereocenters. The molecule has 1 saturated heterocycles. The first-order valence-electron chi connectivity index (χ1n) is 7.14. The number of rotatable bonds is 6. The van der Waals surface area contributed by atoms with Crippen molar-refractivity contribution in [2.75, 3.05) is 33.2 Å². The number of thiazole rings is 1. The van der Waals surface area contributed by atoms with E-state index in [1.54, 1.807) is 11.3 Å². The molecule has 1 aliphatic heterocycles. The average Bonchev–Trinajstić information content (AvgIpc) is 2.93. The van der Waals surface area contributed by atoms with E-state index in [1.165, 1.54) is 37.5 Å². The fourth-order valence-corrected chi connectivity index (χ4v) is 3.67. The first-order valence-corrected chi connectivity index (χ1v) is 8.56. The van der Waals surface area contributed by atoms with Crippen LogP contribution in [0.4, 0.5) is 0 Å². The zero-order valence-electron chi connectivity index (χ0n) is 11.9. The maximum absolute atomic E-state index is 5.78. The molecule has 2 heterocycles. The van der Waals surface area contributed by atoms with E-state index >= 15 is 0 Å². The van der Waals surface area contributed by atoms with Gasteiger partial charge in [0.25, 0.3) is 0 Å². The summed E-state index contributed by atoms with van der Waals surface area (Å²) in [6.45, 7) is 7.04. The number of hydrogen-bond donors (Lipinski definition) is 0. The normalized spacial score (nSPS) is 18.3. The third-order valence-electron chi connectivity index (χ3n) is 4.04. The van der Waals surface area contributed by atoms with E-state index in [2.05, 4.69) is 34.1 Å². The summed E-state index contributed by atoms with van der Waals surface area (Å²) in [5.41, 5.74) is 1.01. The van der Waals surface area contributed by atoms with Crippen LogP contribution in [-0.4, -0.2) is 54.1 Å². The number of hydrogen-bond acceptors (Lipinski definition) is 4. The van der Waals surface area contributed by atoms with Crippen LogP contribution >= 0.6 is 22.9 Å². The molecule has 108 valence electrons. The predicted octanol–water partition coefficient (Wildman–Crippen LogP) is 2.84. The van der Waals surface area contributed by atoms with E-state index in [-0.39, 0.29) is 0 Å². The van der Waals surface area contributed by atoms with Crippen molar-refractivity contribution in [3.05, 3.63) is 16.1 Å². The zero-order chi connectivity index (χ0) is 13.7. The Labute approximate surface area is 125 Å². The molecule has 0 radical (unpaired) electrons. The molecule has 0 atom stereocenters. The molecule has 0 saturated carbocycles. The summed E-state index contributed by atoms with van der Waals surface area (Å²) in [5, 5.41) is 3.29. The lowest BCUT2D eigenvalue weighted by Gasteiger charge is -2.36. The van der Waals surface area contributed by atoms with Crippen molar-refractivity contribution in [3.8, 4) is 0 Å². The summed E-state index contributed by atoms with van der Waals surface area (Å²) < 4.78 is 0. The molecule has 0 amide bonds. The summed E-state index contributed by atoms with van der Waals surface area (Å²) in [7, 11) is 2.25. The largest absolute Gasteiger partial charge is 0.303 e. The van der Waals surface area contributed by atoms with E-state index < -0.39 is 0 Å². The Hall–Kier alpha value is -0.160. The Kier molecular flexibility index (Phi) is 6.07. The number of likely N-dealkylation sites (N-methyl/N-ethyl adjacent to an activating group) is 1. The number of alkyl halides is 1. The molecule has 0 N–H and O–H groups in total. The maximum atomic E-state index is 5.78. The van der Waals surface area contributed by atoms with Gasteiger partial charge in [0.15, 0.2) is 0 Å². The summed E-state index contributed by atoms with van der Waals surface area (Å²) in [6, 6.07) is 0.746. The lowest BCUT2D eigenvalue weighted by atomic mass is 10.0. The molecule has 0 bridgehead atoms. The van der Waals surface area contributed by atoms with Gasteiger partial charge in [-0.05, 0) is 39.5 Å². The first kappa shape index (κ1) is 15.2. The average molecular weight is 302 g/mol. The van der Waals surface area contributed by atoms with E-state index in [1.807, 2.05) is 0 Å². The molecule has 19 heavy (non-hydrogen) atoms. The highest BCUT2D eigenvalue weighted by molar-refractivity contribution is 7.09. The number of nitrogens with zero attached hydrogens (tertiary/aromatic N) is 3. The Morgan fingerprint density at radius 3 is 2.79 bits per heavy atom.